The molecule has 3 rings (SSSR count). The van der Waals surface area contributed by atoms with Gasteiger partial charge in [0.05, 0.1) is 6.54 Å². The van der Waals surface area contributed by atoms with E-state index in [0.29, 0.717) is 25.4 Å². The summed E-state index contributed by atoms with van der Waals surface area (Å²) >= 11 is 0. The molecule has 1 heterocycles. The molecular formula is C18H20N2O4. The predicted octanol–water partition coefficient (Wildman–Crippen LogP) is 2.60. The van der Waals surface area contributed by atoms with E-state index < -0.39 is 0 Å². The molecule has 24 heavy (non-hydrogen) atoms. The molecule has 0 spiro atoms. The van der Waals surface area contributed by atoms with Gasteiger partial charge >= 0.3 is 6.03 Å². The predicted molar refractivity (Wildman–Crippen MR) is 89.5 cm³/mol. The highest BCUT2D eigenvalue weighted by atomic mass is 16.7. The first-order chi connectivity index (χ1) is 11.7. The van der Waals surface area contributed by atoms with Crippen LogP contribution < -0.4 is 24.8 Å². The molecule has 0 unspecified atom stereocenters. The SMILES string of the molecule is Cc1ccccc1OCCNC(=O)NCc1ccc2c(c1)OCO2. The van der Waals surface area contributed by atoms with E-state index in [2.05, 4.69) is 10.6 Å². The Labute approximate surface area is 140 Å². The van der Waals surface area contributed by atoms with Crippen LogP contribution in [0.2, 0.25) is 0 Å². The van der Waals surface area contributed by atoms with Gasteiger partial charge in [0.2, 0.25) is 6.79 Å². The fourth-order valence-corrected chi connectivity index (χ4v) is 2.34. The molecule has 0 saturated carbocycles. The van der Waals surface area contributed by atoms with Crippen molar-refractivity contribution in [3.8, 4) is 17.2 Å². The summed E-state index contributed by atoms with van der Waals surface area (Å²) in [5.41, 5.74) is 2.02. The largest absolute Gasteiger partial charge is 0.491 e. The van der Waals surface area contributed by atoms with Crippen LogP contribution in [0.5, 0.6) is 17.2 Å². The molecule has 1 aliphatic rings. The summed E-state index contributed by atoms with van der Waals surface area (Å²) in [5, 5.41) is 5.56. The van der Waals surface area contributed by atoms with Crippen LogP contribution in [0.4, 0.5) is 4.79 Å². The van der Waals surface area contributed by atoms with E-state index in [-0.39, 0.29) is 12.8 Å². The van der Waals surface area contributed by atoms with Gasteiger partial charge in [-0.2, -0.15) is 0 Å². The Morgan fingerprint density at radius 3 is 2.83 bits per heavy atom. The number of nitrogens with one attached hydrogen (secondary N) is 2. The number of ether oxygens (including phenoxy) is 3. The van der Waals surface area contributed by atoms with Gasteiger partial charge in [-0.15, -0.1) is 0 Å². The lowest BCUT2D eigenvalue weighted by atomic mass is 10.2. The average molecular weight is 328 g/mol. The maximum atomic E-state index is 11.8. The Balaban J connectivity index is 1.36. The van der Waals surface area contributed by atoms with E-state index in [1.807, 2.05) is 49.4 Å². The van der Waals surface area contributed by atoms with Gasteiger partial charge in [-0.1, -0.05) is 24.3 Å². The van der Waals surface area contributed by atoms with Gasteiger partial charge in [0, 0.05) is 6.54 Å². The van der Waals surface area contributed by atoms with Crippen molar-refractivity contribution in [2.45, 2.75) is 13.5 Å². The van der Waals surface area contributed by atoms with Gasteiger partial charge in [0.1, 0.15) is 12.4 Å². The van der Waals surface area contributed by atoms with E-state index in [1.165, 1.54) is 0 Å². The summed E-state index contributed by atoms with van der Waals surface area (Å²) in [6, 6.07) is 13.2. The van der Waals surface area contributed by atoms with Gasteiger partial charge in [-0.25, -0.2) is 4.79 Å². The zero-order chi connectivity index (χ0) is 16.8. The van der Waals surface area contributed by atoms with Gasteiger partial charge in [0.25, 0.3) is 0 Å². The molecule has 126 valence electrons. The minimum atomic E-state index is -0.235. The molecule has 0 aromatic heterocycles. The van der Waals surface area contributed by atoms with Crippen LogP contribution in [0.25, 0.3) is 0 Å². The lowest BCUT2D eigenvalue weighted by molar-refractivity contribution is 0.174. The van der Waals surface area contributed by atoms with E-state index in [9.17, 15) is 4.79 Å². The summed E-state index contributed by atoms with van der Waals surface area (Å²) in [4.78, 5) is 11.8. The topological polar surface area (TPSA) is 68.8 Å². The summed E-state index contributed by atoms with van der Waals surface area (Å²) in [7, 11) is 0. The van der Waals surface area contributed by atoms with E-state index in [0.717, 1.165) is 22.6 Å². The van der Waals surface area contributed by atoms with Gasteiger partial charge < -0.3 is 24.8 Å². The third-order valence-corrected chi connectivity index (χ3v) is 3.63. The number of hydrogen-bond donors (Lipinski definition) is 2. The number of carbonyl (C=O) groups is 1. The zero-order valence-electron chi connectivity index (χ0n) is 13.5. The second-order valence-corrected chi connectivity index (χ2v) is 5.41. The Morgan fingerprint density at radius 2 is 1.96 bits per heavy atom. The van der Waals surface area contributed by atoms with Crippen molar-refractivity contribution >= 4 is 6.03 Å². The third-order valence-electron chi connectivity index (χ3n) is 3.63. The Kier molecular flexibility index (Phi) is 5.05. The maximum absolute atomic E-state index is 11.8. The van der Waals surface area contributed by atoms with Crippen LogP contribution in [0.15, 0.2) is 42.5 Å². The summed E-state index contributed by atoms with van der Waals surface area (Å²) in [6.45, 7) is 3.50. The van der Waals surface area contributed by atoms with Crippen molar-refractivity contribution in [3.63, 3.8) is 0 Å². The van der Waals surface area contributed by atoms with E-state index in [1.54, 1.807) is 0 Å². The lowest BCUT2D eigenvalue weighted by Gasteiger charge is -2.10. The zero-order valence-corrected chi connectivity index (χ0v) is 13.5. The Morgan fingerprint density at radius 1 is 1.12 bits per heavy atom. The minimum Gasteiger partial charge on any atom is -0.491 e. The maximum Gasteiger partial charge on any atom is 0.315 e. The molecule has 2 amide bonds. The van der Waals surface area contributed by atoms with Gasteiger partial charge in [-0.3, -0.25) is 0 Å². The van der Waals surface area contributed by atoms with Crippen LogP contribution in [0.3, 0.4) is 0 Å². The standard InChI is InChI=1S/C18H20N2O4/c1-13-4-2-3-5-15(13)22-9-8-19-18(21)20-11-14-6-7-16-17(10-14)24-12-23-16/h2-7,10H,8-9,11-12H2,1H3,(H2,19,20,21). The van der Waals surface area contributed by atoms with Crippen LogP contribution in [0, 0.1) is 6.92 Å². The first-order valence-corrected chi connectivity index (χ1v) is 7.81. The number of rotatable bonds is 6. The normalized spacial score (nSPS) is 11.9. The Bertz CT molecular complexity index is 718. The van der Waals surface area contributed by atoms with Crippen LogP contribution in [-0.2, 0) is 6.54 Å². The molecule has 6 heteroatoms. The molecule has 2 N–H and O–H groups in total. The molecule has 6 nitrogen and oxygen atoms in total. The van der Waals surface area contributed by atoms with Gasteiger partial charge in [-0.05, 0) is 36.2 Å². The van der Waals surface area contributed by atoms with Gasteiger partial charge in [0.15, 0.2) is 11.5 Å². The highest BCUT2D eigenvalue weighted by molar-refractivity contribution is 5.73. The molecule has 2 aromatic rings. The lowest BCUT2D eigenvalue weighted by Crippen LogP contribution is -2.37. The first kappa shape index (κ1) is 16.0. The molecule has 0 radical (unpaired) electrons. The summed E-state index contributed by atoms with van der Waals surface area (Å²) in [6.07, 6.45) is 0. The molecule has 0 saturated heterocycles. The van der Waals surface area contributed by atoms with Crippen molar-refractivity contribution in [3.05, 3.63) is 53.6 Å². The minimum absolute atomic E-state index is 0.235. The fraction of sp³-hybridized carbons (Fsp3) is 0.278. The number of hydrogen-bond acceptors (Lipinski definition) is 4. The van der Waals surface area contributed by atoms with Crippen LogP contribution >= 0.6 is 0 Å². The quantitative estimate of drug-likeness (QED) is 0.800. The highest BCUT2D eigenvalue weighted by Crippen LogP contribution is 2.32. The van der Waals surface area contributed by atoms with Crippen LogP contribution in [-0.4, -0.2) is 26.0 Å². The monoisotopic (exact) mass is 328 g/mol. The molecule has 0 bridgehead atoms. The van der Waals surface area contributed by atoms with E-state index >= 15 is 0 Å². The summed E-state index contributed by atoms with van der Waals surface area (Å²) < 4.78 is 16.2. The second kappa shape index (κ2) is 7.59. The molecular weight excluding hydrogens is 308 g/mol. The molecule has 1 aliphatic heterocycles. The number of carbonyl (C=O) groups excluding carboxylic acids is 1. The fourth-order valence-electron chi connectivity index (χ4n) is 2.34. The second-order valence-electron chi connectivity index (χ2n) is 5.41. The molecule has 0 fully saturated rings. The van der Waals surface area contributed by atoms with Crippen molar-refractivity contribution in [1.29, 1.82) is 0 Å². The van der Waals surface area contributed by atoms with Crippen molar-refractivity contribution in [1.82, 2.24) is 10.6 Å². The summed E-state index contributed by atoms with van der Waals surface area (Å²) in [5.74, 6) is 2.28. The molecule has 0 atom stereocenters. The van der Waals surface area contributed by atoms with E-state index in [4.69, 9.17) is 14.2 Å². The molecule has 2 aromatic carbocycles. The Hall–Kier alpha value is -2.89. The number of benzene rings is 2. The number of para-hydroxylation sites is 1. The van der Waals surface area contributed by atoms with Crippen molar-refractivity contribution in [2.24, 2.45) is 0 Å². The highest BCUT2D eigenvalue weighted by Gasteiger charge is 2.13. The van der Waals surface area contributed by atoms with Crippen molar-refractivity contribution < 1.29 is 19.0 Å². The van der Waals surface area contributed by atoms with Crippen molar-refractivity contribution in [2.75, 3.05) is 19.9 Å². The smallest absolute Gasteiger partial charge is 0.315 e. The third kappa shape index (κ3) is 4.10. The molecule has 0 aliphatic carbocycles. The number of urea groups is 1. The van der Waals surface area contributed by atoms with Crippen LogP contribution in [0.1, 0.15) is 11.1 Å². The number of amides is 2. The number of fused-ring (bicyclic) bond motifs is 1. The first-order valence-electron chi connectivity index (χ1n) is 7.81. The number of aryl methyl sites for hydroxylation is 1. The average Bonchev–Trinajstić information content (AvgIpc) is 3.06.